The topological polar surface area (TPSA) is 17.1 Å². The van der Waals surface area contributed by atoms with Gasteiger partial charge in [0, 0.05) is 6.42 Å². The summed E-state index contributed by atoms with van der Waals surface area (Å²) in [5.74, 6) is 1.55. The Morgan fingerprint density at radius 3 is 2.69 bits per heavy atom. The number of ketones is 1. The molecular weight excluding hydrogens is 160 g/mol. The summed E-state index contributed by atoms with van der Waals surface area (Å²) in [6.45, 7) is 4.21. The summed E-state index contributed by atoms with van der Waals surface area (Å²) in [4.78, 5) is 11.2. The van der Waals surface area contributed by atoms with Gasteiger partial charge in [0.25, 0.3) is 0 Å². The highest BCUT2D eigenvalue weighted by molar-refractivity contribution is 5.93. The van der Waals surface area contributed by atoms with Crippen molar-refractivity contribution in [2.45, 2.75) is 33.1 Å². The first-order valence-corrected chi connectivity index (χ1v) is 5.10. The average Bonchev–Trinajstić information content (AvgIpc) is 2.79. The monoisotopic (exact) mass is 176 g/mol. The molecule has 2 rings (SSSR count). The maximum absolute atomic E-state index is 11.2. The molecule has 0 radical (unpaired) electrons. The molecule has 13 heavy (non-hydrogen) atoms. The Morgan fingerprint density at radius 1 is 1.46 bits per heavy atom. The number of rotatable bonds is 1. The van der Waals surface area contributed by atoms with E-state index in [0.29, 0.717) is 12.3 Å². The van der Waals surface area contributed by atoms with Gasteiger partial charge < -0.3 is 0 Å². The molecule has 0 spiro atoms. The van der Waals surface area contributed by atoms with Gasteiger partial charge in [-0.05, 0) is 48.8 Å². The second-order valence-electron chi connectivity index (χ2n) is 4.36. The molecule has 0 N–H and O–H groups in total. The van der Waals surface area contributed by atoms with Crippen LogP contribution in [0.15, 0.2) is 23.3 Å². The van der Waals surface area contributed by atoms with Gasteiger partial charge in [0.2, 0.25) is 0 Å². The second-order valence-corrected chi connectivity index (χ2v) is 4.36. The SMILES string of the molecule is CC1=CC(=O)C[C@@H](C)/C1=C/C1CC1. The van der Waals surface area contributed by atoms with Crippen molar-refractivity contribution >= 4 is 5.78 Å². The van der Waals surface area contributed by atoms with Crippen molar-refractivity contribution in [2.24, 2.45) is 11.8 Å². The summed E-state index contributed by atoms with van der Waals surface area (Å²) >= 11 is 0. The molecule has 1 atom stereocenters. The molecule has 1 heteroatoms. The summed E-state index contributed by atoms with van der Waals surface area (Å²) in [6.07, 6.45) is 7.57. The van der Waals surface area contributed by atoms with Crippen molar-refractivity contribution in [2.75, 3.05) is 0 Å². The lowest BCUT2D eigenvalue weighted by Gasteiger charge is -2.20. The van der Waals surface area contributed by atoms with E-state index in [-0.39, 0.29) is 5.78 Å². The first-order chi connectivity index (χ1) is 6.16. The minimum Gasteiger partial charge on any atom is -0.295 e. The largest absolute Gasteiger partial charge is 0.295 e. The number of carbonyl (C=O) groups excluding carboxylic acids is 1. The van der Waals surface area contributed by atoms with Gasteiger partial charge in [-0.2, -0.15) is 0 Å². The van der Waals surface area contributed by atoms with E-state index in [1.807, 2.05) is 0 Å². The van der Waals surface area contributed by atoms with Crippen LogP contribution in [0, 0.1) is 11.8 Å². The van der Waals surface area contributed by atoms with Crippen LogP contribution in [0.2, 0.25) is 0 Å². The molecule has 2 aliphatic rings. The third-order valence-corrected chi connectivity index (χ3v) is 2.91. The lowest BCUT2D eigenvalue weighted by molar-refractivity contribution is -0.115. The Labute approximate surface area is 79.5 Å². The van der Waals surface area contributed by atoms with Gasteiger partial charge in [0.15, 0.2) is 5.78 Å². The van der Waals surface area contributed by atoms with E-state index in [9.17, 15) is 4.79 Å². The number of hydrogen-bond donors (Lipinski definition) is 0. The quantitative estimate of drug-likeness (QED) is 0.600. The fraction of sp³-hybridized carbons (Fsp3) is 0.583. The number of allylic oxidation sites excluding steroid dienone is 4. The van der Waals surface area contributed by atoms with E-state index in [2.05, 4.69) is 19.9 Å². The Morgan fingerprint density at radius 2 is 2.15 bits per heavy atom. The van der Waals surface area contributed by atoms with E-state index >= 15 is 0 Å². The average molecular weight is 176 g/mol. The van der Waals surface area contributed by atoms with Crippen LogP contribution in [-0.4, -0.2) is 5.78 Å². The minimum atomic E-state index is 0.290. The third kappa shape index (κ3) is 1.90. The van der Waals surface area contributed by atoms with Gasteiger partial charge in [0.05, 0.1) is 0 Å². The predicted octanol–water partition coefficient (Wildman–Crippen LogP) is 2.88. The maximum Gasteiger partial charge on any atom is 0.156 e. The van der Waals surface area contributed by atoms with Crippen LogP contribution in [0.1, 0.15) is 33.1 Å². The van der Waals surface area contributed by atoms with Gasteiger partial charge >= 0.3 is 0 Å². The van der Waals surface area contributed by atoms with Gasteiger partial charge in [-0.1, -0.05) is 13.0 Å². The third-order valence-electron chi connectivity index (χ3n) is 2.91. The molecule has 0 amide bonds. The molecule has 0 aliphatic heterocycles. The summed E-state index contributed by atoms with van der Waals surface area (Å²) in [5.41, 5.74) is 2.61. The molecule has 1 saturated carbocycles. The molecule has 0 unspecified atom stereocenters. The molecule has 0 bridgehead atoms. The highest BCUT2D eigenvalue weighted by atomic mass is 16.1. The summed E-state index contributed by atoms with van der Waals surface area (Å²) < 4.78 is 0. The van der Waals surface area contributed by atoms with Crippen molar-refractivity contribution in [1.29, 1.82) is 0 Å². The van der Waals surface area contributed by atoms with E-state index in [1.165, 1.54) is 24.0 Å². The highest BCUT2D eigenvalue weighted by Gasteiger charge is 2.24. The second kappa shape index (κ2) is 3.13. The fourth-order valence-electron chi connectivity index (χ4n) is 2.00. The first-order valence-electron chi connectivity index (χ1n) is 5.10. The van der Waals surface area contributed by atoms with E-state index in [0.717, 1.165) is 5.92 Å². The molecule has 0 aromatic rings. The van der Waals surface area contributed by atoms with Gasteiger partial charge in [0.1, 0.15) is 0 Å². The van der Waals surface area contributed by atoms with Crippen molar-refractivity contribution in [3.05, 3.63) is 23.3 Å². The van der Waals surface area contributed by atoms with Crippen LogP contribution in [-0.2, 0) is 4.79 Å². The van der Waals surface area contributed by atoms with Crippen LogP contribution in [0.25, 0.3) is 0 Å². The van der Waals surface area contributed by atoms with E-state index in [4.69, 9.17) is 0 Å². The predicted molar refractivity (Wildman–Crippen MR) is 53.4 cm³/mol. The van der Waals surface area contributed by atoms with Crippen molar-refractivity contribution < 1.29 is 4.79 Å². The number of carbonyl (C=O) groups is 1. The lowest BCUT2D eigenvalue weighted by Crippen LogP contribution is -2.13. The van der Waals surface area contributed by atoms with Crippen LogP contribution in [0.4, 0.5) is 0 Å². The molecule has 0 heterocycles. The molecule has 1 fully saturated rings. The molecule has 2 aliphatic carbocycles. The van der Waals surface area contributed by atoms with Gasteiger partial charge in [-0.25, -0.2) is 0 Å². The lowest BCUT2D eigenvalue weighted by atomic mass is 9.84. The minimum absolute atomic E-state index is 0.290. The van der Waals surface area contributed by atoms with Crippen LogP contribution < -0.4 is 0 Å². The van der Waals surface area contributed by atoms with Crippen molar-refractivity contribution in [3.8, 4) is 0 Å². The normalized spacial score (nSPS) is 32.2. The molecule has 0 aromatic carbocycles. The number of hydrogen-bond acceptors (Lipinski definition) is 1. The smallest absolute Gasteiger partial charge is 0.156 e. The van der Waals surface area contributed by atoms with E-state index < -0.39 is 0 Å². The van der Waals surface area contributed by atoms with Crippen LogP contribution in [0.3, 0.4) is 0 Å². The molecule has 70 valence electrons. The zero-order valence-corrected chi connectivity index (χ0v) is 8.34. The Kier molecular flexibility index (Phi) is 2.10. The van der Waals surface area contributed by atoms with Crippen LogP contribution >= 0.6 is 0 Å². The zero-order chi connectivity index (χ0) is 9.42. The fourth-order valence-corrected chi connectivity index (χ4v) is 2.00. The standard InChI is InChI=1S/C12H16O/c1-8-5-11(13)6-9(2)12(8)7-10-3-4-10/h5,7,9-10H,3-4,6H2,1-2H3/b12-7+/t9-/m1/s1. The van der Waals surface area contributed by atoms with Gasteiger partial charge in [-0.15, -0.1) is 0 Å². The zero-order valence-electron chi connectivity index (χ0n) is 8.34. The maximum atomic E-state index is 11.2. The molecular formula is C12H16O. The molecule has 0 saturated heterocycles. The summed E-state index contributed by atoms with van der Waals surface area (Å²) in [5, 5.41) is 0. The Bertz CT molecular complexity index is 292. The van der Waals surface area contributed by atoms with Crippen molar-refractivity contribution in [1.82, 2.24) is 0 Å². The van der Waals surface area contributed by atoms with E-state index in [1.54, 1.807) is 6.08 Å². The van der Waals surface area contributed by atoms with Crippen molar-refractivity contribution in [3.63, 3.8) is 0 Å². The first kappa shape index (κ1) is 8.74. The van der Waals surface area contributed by atoms with Gasteiger partial charge in [-0.3, -0.25) is 4.79 Å². The highest BCUT2D eigenvalue weighted by Crippen LogP contribution is 2.36. The van der Waals surface area contributed by atoms with Crippen LogP contribution in [0.5, 0.6) is 0 Å². The Balaban J connectivity index is 2.24. The summed E-state index contributed by atoms with van der Waals surface area (Å²) in [7, 11) is 0. The summed E-state index contributed by atoms with van der Waals surface area (Å²) in [6, 6.07) is 0. The Hall–Kier alpha value is -0.850. The molecule has 1 nitrogen and oxygen atoms in total. The molecule has 0 aromatic heterocycles.